The molecule has 0 fully saturated rings. The molecule has 54 valence electrons. The fourth-order valence-corrected chi connectivity index (χ4v) is 2.08. The van der Waals surface area contributed by atoms with Gasteiger partial charge in [-0.3, -0.25) is 4.79 Å². The van der Waals surface area contributed by atoms with Gasteiger partial charge >= 0.3 is 5.97 Å². The van der Waals surface area contributed by atoms with Crippen molar-refractivity contribution in [1.82, 2.24) is 0 Å². The molecule has 0 rings (SSSR count). The molecule has 0 aromatic heterocycles. The highest BCUT2D eigenvalue weighted by Crippen LogP contribution is 2.10. The molecular weight excluding hydrogens is 252 g/mol. The number of hydrogen-bond acceptors (Lipinski definition) is 1. The molecule has 0 aromatic rings. The van der Waals surface area contributed by atoms with Gasteiger partial charge in [0.15, 0.2) is 0 Å². The van der Waals surface area contributed by atoms with Crippen molar-refractivity contribution in [3.8, 4) is 0 Å². The predicted octanol–water partition coefficient (Wildman–Crippen LogP) is 2.01. The molecule has 9 heavy (non-hydrogen) atoms. The summed E-state index contributed by atoms with van der Waals surface area (Å²) in [4.78, 5) is 10.1. The molecule has 0 aliphatic rings. The van der Waals surface area contributed by atoms with Gasteiger partial charge in [-0.2, -0.15) is 0 Å². The number of carboxylic acid groups (broad SMARTS) is 1. The summed E-state index contributed by atoms with van der Waals surface area (Å²) in [5.41, 5.74) is 0. The molecule has 1 atom stereocenters. The van der Waals surface area contributed by atoms with Gasteiger partial charge < -0.3 is 5.11 Å². The van der Waals surface area contributed by atoms with Crippen molar-refractivity contribution in [2.24, 2.45) is 0 Å². The summed E-state index contributed by atoms with van der Waals surface area (Å²) in [6.07, 6.45) is 1.05. The minimum absolute atomic E-state index is 0.106. The zero-order chi connectivity index (χ0) is 7.28. The molecule has 2 nitrogen and oxygen atoms in total. The number of carboxylic acids is 1. The summed E-state index contributed by atoms with van der Waals surface area (Å²) in [6.45, 7) is 0. The number of rotatable bonds is 4. The van der Waals surface area contributed by atoms with E-state index in [1.165, 1.54) is 0 Å². The lowest BCUT2D eigenvalue weighted by Crippen LogP contribution is -2.06. The molecule has 4 heteroatoms. The van der Waals surface area contributed by atoms with Crippen molar-refractivity contribution in [3.63, 3.8) is 0 Å². The molecule has 0 saturated heterocycles. The van der Waals surface area contributed by atoms with Crippen LogP contribution in [0.15, 0.2) is 0 Å². The summed E-state index contributed by atoms with van der Waals surface area (Å²) < 4.78 is 0. The standard InChI is InChI=1S/C5H8Br2O2/c6-2-1-4(7)3-5(8)9/h4H,1-3H2,(H,8,9). The van der Waals surface area contributed by atoms with Crippen LogP contribution in [0.5, 0.6) is 0 Å². The van der Waals surface area contributed by atoms with Crippen molar-refractivity contribution >= 4 is 37.8 Å². The van der Waals surface area contributed by atoms with E-state index in [-0.39, 0.29) is 11.2 Å². The average Bonchev–Trinajstić information content (AvgIpc) is 1.63. The number of aliphatic carboxylic acids is 1. The number of carbonyl (C=O) groups is 1. The Labute approximate surface area is 70.9 Å². The summed E-state index contributed by atoms with van der Waals surface area (Å²) in [7, 11) is 0. The molecule has 0 amide bonds. The van der Waals surface area contributed by atoms with Gasteiger partial charge in [-0.15, -0.1) is 0 Å². The highest BCUT2D eigenvalue weighted by atomic mass is 79.9. The summed E-state index contributed by atoms with van der Waals surface area (Å²) >= 11 is 6.44. The first kappa shape index (κ1) is 9.43. The largest absolute Gasteiger partial charge is 0.481 e. The van der Waals surface area contributed by atoms with Crippen LogP contribution in [0.25, 0.3) is 0 Å². The van der Waals surface area contributed by atoms with Gasteiger partial charge in [-0.05, 0) is 6.42 Å². The van der Waals surface area contributed by atoms with Gasteiger partial charge in [0, 0.05) is 10.2 Å². The molecule has 0 radical (unpaired) electrons. The Morgan fingerprint density at radius 1 is 1.67 bits per heavy atom. The van der Waals surface area contributed by atoms with E-state index in [1.807, 2.05) is 0 Å². The van der Waals surface area contributed by atoms with Gasteiger partial charge in [0.2, 0.25) is 0 Å². The number of halogens is 2. The molecule has 0 aliphatic carbocycles. The van der Waals surface area contributed by atoms with Crippen LogP contribution in [0.1, 0.15) is 12.8 Å². The first-order chi connectivity index (χ1) is 4.16. The van der Waals surface area contributed by atoms with Crippen LogP contribution < -0.4 is 0 Å². The number of alkyl halides is 2. The molecule has 1 unspecified atom stereocenters. The lowest BCUT2D eigenvalue weighted by Gasteiger charge is -2.01. The Bertz CT molecular complexity index is 95.0. The first-order valence-electron chi connectivity index (χ1n) is 2.58. The van der Waals surface area contributed by atoms with Crippen LogP contribution in [-0.4, -0.2) is 21.2 Å². The maximum absolute atomic E-state index is 10.0. The van der Waals surface area contributed by atoms with Crippen LogP contribution >= 0.6 is 31.9 Å². The second kappa shape index (κ2) is 5.23. The van der Waals surface area contributed by atoms with E-state index >= 15 is 0 Å². The quantitative estimate of drug-likeness (QED) is 0.785. The molecule has 0 saturated carbocycles. The number of hydrogen-bond donors (Lipinski definition) is 1. The van der Waals surface area contributed by atoms with E-state index in [9.17, 15) is 4.79 Å². The summed E-state index contributed by atoms with van der Waals surface area (Å²) in [5, 5.41) is 9.11. The third-order valence-corrected chi connectivity index (χ3v) is 2.06. The lowest BCUT2D eigenvalue weighted by molar-refractivity contribution is -0.136. The van der Waals surface area contributed by atoms with Crippen molar-refractivity contribution in [3.05, 3.63) is 0 Å². The predicted molar refractivity (Wildman–Crippen MR) is 43.4 cm³/mol. The average molecular weight is 260 g/mol. The van der Waals surface area contributed by atoms with E-state index in [0.717, 1.165) is 11.8 Å². The second-order valence-corrected chi connectivity index (χ2v) is 3.76. The van der Waals surface area contributed by atoms with Crippen molar-refractivity contribution in [1.29, 1.82) is 0 Å². The van der Waals surface area contributed by atoms with E-state index < -0.39 is 5.97 Å². The SMILES string of the molecule is O=C(O)CC(Br)CCBr. The fraction of sp³-hybridized carbons (Fsp3) is 0.800. The van der Waals surface area contributed by atoms with Gasteiger partial charge in [0.05, 0.1) is 6.42 Å². The van der Waals surface area contributed by atoms with Crippen LogP contribution in [0.2, 0.25) is 0 Å². The molecule has 0 aromatic carbocycles. The highest BCUT2D eigenvalue weighted by Gasteiger charge is 2.06. The maximum Gasteiger partial charge on any atom is 0.304 e. The van der Waals surface area contributed by atoms with Gasteiger partial charge in [0.25, 0.3) is 0 Å². The second-order valence-electron chi connectivity index (χ2n) is 1.67. The Morgan fingerprint density at radius 3 is 2.56 bits per heavy atom. The van der Waals surface area contributed by atoms with E-state index in [0.29, 0.717) is 0 Å². The smallest absolute Gasteiger partial charge is 0.304 e. The molecule has 0 bridgehead atoms. The Morgan fingerprint density at radius 2 is 2.22 bits per heavy atom. The van der Waals surface area contributed by atoms with Crippen LogP contribution in [0.4, 0.5) is 0 Å². The van der Waals surface area contributed by atoms with Crippen LogP contribution in [0.3, 0.4) is 0 Å². The van der Waals surface area contributed by atoms with Crippen molar-refractivity contribution in [2.75, 3.05) is 5.33 Å². The third-order valence-electron chi connectivity index (χ3n) is 0.818. The molecule has 0 aliphatic heterocycles. The highest BCUT2D eigenvalue weighted by molar-refractivity contribution is 9.10. The van der Waals surface area contributed by atoms with E-state index in [1.54, 1.807) is 0 Å². The van der Waals surface area contributed by atoms with Crippen molar-refractivity contribution < 1.29 is 9.90 Å². The zero-order valence-corrected chi connectivity index (χ0v) is 7.98. The molecule has 0 spiro atoms. The normalized spacial score (nSPS) is 13.1. The zero-order valence-electron chi connectivity index (χ0n) is 4.81. The van der Waals surface area contributed by atoms with E-state index in [2.05, 4.69) is 31.9 Å². The molecular formula is C5H8Br2O2. The van der Waals surface area contributed by atoms with E-state index in [4.69, 9.17) is 5.11 Å². The Balaban J connectivity index is 3.26. The van der Waals surface area contributed by atoms with Crippen LogP contribution in [0, 0.1) is 0 Å². The van der Waals surface area contributed by atoms with Crippen LogP contribution in [-0.2, 0) is 4.79 Å². The summed E-state index contributed by atoms with van der Waals surface area (Å²) in [5.74, 6) is -0.752. The minimum Gasteiger partial charge on any atom is -0.481 e. The lowest BCUT2D eigenvalue weighted by atomic mass is 10.2. The fourth-order valence-electron chi connectivity index (χ4n) is 0.410. The monoisotopic (exact) mass is 258 g/mol. The Hall–Kier alpha value is 0.430. The molecule has 0 heterocycles. The van der Waals surface area contributed by atoms with Crippen molar-refractivity contribution in [2.45, 2.75) is 17.7 Å². The van der Waals surface area contributed by atoms with Gasteiger partial charge in [0.1, 0.15) is 0 Å². The van der Waals surface area contributed by atoms with Gasteiger partial charge in [-0.25, -0.2) is 0 Å². The maximum atomic E-state index is 10.0. The topological polar surface area (TPSA) is 37.3 Å². The Kier molecular flexibility index (Phi) is 5.48. The third kappa shape index (κ3) is 6.31. The summed E-state index contributed by atoms with van der Waals surface area (Å²) in [6, 6.07) is 0. The minimum atomic E-state index is -0.752. The first-order valence-corrected chi connectivity index (χ1v) is 4.62. The van der Waals surface area contributed by atoms with Gasteiger partial charge in [-0.1, -0.05) is 31.9 Å². The molecule has 1 N–H and O–H groups in total.